The Morgan fingerprint density at radius 2 is 1.13 bits per heavy atom. The molecule has 0 aromatic heterocycles. The van der Waals surface area contributed by atoms with Gasteiger partial charge in [-0.2, -0.15) is 0 Å². The van der Waals surface area contributed by atoms with Gasteiger partial charge in [-0.25, -0.2) is 27.1 Å². The molecule has 0 unspecified atom stereocenters. The molecular weight excluding hydrogens is 442 g/mol. The maximum absolute atomic E-state index is 11.8. The van der Waals surface area contributed by atoms with Crippen molar-refractivity contribution in [1.29, 1.82) is 0 Å². The second-order valence-electron chi connectivity index (χ2n) is 7.44. The first-order valence-electron chi connectivity index (χ1n) is 9.50. The van der Waals surface area contributed by atoms with Crippen molar-refractivity contribution in [1.82, 2.24) is 5.32 Å². The first kappa shape index (κ1) is 25.1. The lowest BCUT2D eigenvalue weighted by molar-refractivity contribution is 0.402. The lowest BCUT2D eigenvalue weighted by atomic mass is 10.0. The fourth-order valence-electron chi connectivity index (χ4n) is 3.45. The van der Waals surface area contributed by atoms with E-state index >= 15 is 0 Å². The molecule has 11 heteroatoms. The zero-order valence-electron chi connectivity index (χ0n) is 18.0. The average Bonchev–Trinajstić information content (AvgIpc) is 2.66. The van der Waals surface area contributed by atoms with Crippen LogP contribution in [0.4, 0.5) is 0 Å². The minimum Gasteiger partial charge on any atom is -0.495 e. The van der Waals surface area contributed by atoms with Crippen molar-refractivity contribution in [2.45, 2.75) is 48.6 Å². The number of nitrogens with two attached hydrogens (primary N) is 2. The Morgan fingerprint density at radius 1 is 0.774 bits per heavy atom. The molecule has 0 saturated carbocycles. The normalized spacial score (nSPS) is 14.1. The highest BCUT2D eigenvalue weighted by Gasteiger charge is 2.18. The van der Waals surface area contributed by atoms with E-state index in [2.05, 4.69) is 5.32 Å². The maximum atomic E-state index is 11.8. The number of benzene rings is 2. The van der Waals surface area contributed by atoms with Gasteiger partial charge in [0.1, 0.15) is 21.3 Å². The molecule has 0 saturated heterocycles. The summed E-state index contributed by atoms with van der Waals surface area (Å²) in [5.74, 6) is 0.399. The molecule has 5 N–H and O–H groups in total. The monoisotopic (exact) mass is 471 g/mol. The predicted octanol–water partition coefficient (Wildman–Crippen LogP) is 1.15. The lowest BCUT2D eigenvalue weighted by Gasteiger charge is -2.21. The van der Waals surface area contributed by atoms with Crippen molar-refractivity contribution in [2.75, 3.05) is 14.2 Å². The average molecular weight is 472 g/mol. The Hall–Kier alpha value is -2.18. The maximum Gasteiger partial charge on any atom is 0.241 e. The van der Waals surface area contributed by atoms with Gasteiger partial charge in [0.2, 0.25) is 20.0 Å². The highest BCUT2D eigenvalue weighted by molar-refractivity contribution is 7.89. The van der Waals surface area contributed by atoms with Crippen LogP contribution in [0.2, 0.25) is 0 Å². The summed E-state index contributed by atoms with van der Waals surface area (Å²) in [6, 6.07) is 9.78. The van der Waals surface area contributed by atoms with Crippen molar-refractivity contribution in [3.05, 3.63) is 47.5 Å². The molecule has 31 heavy (non-hydrogen) atoms. The molecule has 2 aromatic carbocycles. The van der Waals surface area contributed by atoms with Gasteiger partial charge in [-0.15, -0.1) is 0 Å². The summed E-state index contributed by atoms with van der Waals surface area (Å²) >= 11 is 0. The Balaban J connectivity index is 2.09. The highest BCUT2D eigenvalue weighted by Crippen LogP contribution is 2.25. The van der Waals surface area contributed by atoms with Crippen molar-refractivity contribution < 1.29 is 26.3 Å². The van der Waals surface area contributed by atoms with Gasteiger partial charge < -0.3 is 14.8 Å². The van der Waals surface area contributed by atoms with Crippen molar-refractivity contribution >= 4 is 20.0 Å². The van der Waals surface area contributed by atoms with Crippen LogP contribution >= 0.6 is 0 Å². The zero-order chi connectivity index (χ0) is 23.4. The Labute approximate surface area is 183 Å². The summed E-state index contributed by atoms with van der Waals surface area (Å²) < 4.78 is 57.3. The third-order valence-electron chi connectivity index (χ3n) is 4.72. The minimum absolute atomic E-state index is 0.00711. The summed E-state index contributed by atoms with van der Waals surface area (Å²) in [6.45, 7) is 3.95. The number of hydrogen-bond donors (Lipinski definition) is 3. The topological polar surface area (TPSA) is 151 Å². The minimum atomic E-state index is -3.90. The number of ether oxygens (including phenoxy) is 2. The van der Waals surface area contributed by atoms with Gasteiger partial charge in [0.05, 0.1) is 14.2 Å². The molecule has 2 aromatic rings. The van der Waals surface area contributed by atoms with Crippen LogP contribution in [-0.4, -0.2) is 43.1 Å². The first-order chi connectivity index (χ1) is 14.3. The molecule has 0 bridgehead atoms. The Bertz CT molecular complexity index is 1040. The van der Waals surface area contributed by atoms with Crippen LogP contribution in [0, 0.1) is 0 Å². The van der Waals surface area contributed by atoms with Gasteiger partial charge in [-0.1, -0.05) is 12.1 Å². The number of primary sulfonamides is 2. The fraction of sp³-hybridized carbons (Fsp3) is 0.400. The fourth-order valence-corrected chi connectivity index (χ4v) is 4.95. The van der Waals surface area contributed by atoms with Crippen molar-refractivity contribution in [3.63, 3.8) is 0 Å². The molecule has 0 radical (unpaired) electrons. The van der Waals surface area contributed by atoms with Crippen LogP contribution in [0.3, 0.4) is 0 Å². The van der Waals surface area contributed by atoms with Crippen LogP contribution in [-0.2, 0) is 32.9 Å². The van der Waals surface area contributed by atoms with Crippen LogP contribution < -0.4 is 25.1 Å². The molecule has 0 aliphatic rings. The summed E-state index contributed by atoms with van der Waals surface area (Å²) in [6.07, 6.45) is 1.11. The van der Waals surface area contributed by atoms with E-state index in [1.54, 1.807) is 24.3 Å². The molecule has 0 fully saturated rings. The van der Waals surface area contributed by atoms with Gasteiger partial charge in [0.25, 0.3) is 0 Å². The smallest absolute Gasteiger partial charge is 0.241 e. The molecular formula is C20H29N3O6S2. The van der Waals surface area contributed by atoms with Gasteiger partial charge in [0.15, 0.2) is 0 Å². The second kappa shape index (κ2) is 9.96. The molecule has 0 aliphatic carbocycles. The van der Waals surface area contributed by atoms with E-state index in [1.807, 2.05) is 13.8 Å². The van der Waals surface area contributed by atoms with Gasteiger partial charge in [-0.3, -0.25) is 0 Å². The largest absolute Gasteiger partial charge is 0.495 e. The van der Waals surface area contributed by atoms with Crippen molar-refractivity contribution in [3.8, 4) is 11.5 Å². The molecule has 172 valence electrons. The van der Waals surface area contributed by atoms with Crippen molar-refractivity contribution in [2.24, 2.45) is 10.3 Å². The van der Waals surface area contributed by atoms with Crippen LogP contribution in [0.1, 0.15) is 25.0 Å². The van der Waals surface area contributed by atoms with E-state index < -0.39 is 20.0 Å². The summed E-state index contributed by atoms with van der Waals surface area (Å²) in [5.41, 5.74) is 1.58. The van der Waals surface area contributed by atoms with E-state index in [0.717, 1.165) is 11.1 Å². The molecule has 0 aliphatic heterocycles. The van der Waals surface area contributed by atoms with Crippen LogP contribution in [0.5, 0.6) is 11.5 Å². The van der Waals surface area contributed by atoms with Gasteiger partial charge in [0, 0.05) is 12.1 Å². The number of methoxy groups -OCH3 is 2. The molecule has 0 heterocycles. The standard InChI is InChI=1S/C20H29N3O6S2/c1-13(9-15-5-7-17(28-3)19(11-15)30(21,24)25)23-14(2)10-16-6-8-18(29-4)20(12-16)31(22,26)27/h5-8,11-14,23H,9-10H2,1-4H3,(H2,21,24,25)(H2,22,26,27)/t13-,14-/m0/s1. The highest BCUT2D eigenvalue weighted by atomic mass is 32.2. The molecule has 9 nitrogen and oxygen atoms in total. The number of rotatable bonds is 10. The summed E-state index contributed by atoms with van der Waals surface area (Å²) in [4.78, 5) is -0.108. The quantitative estimate of drug-likeness (QED) is 0.470. The van der Waals surface area contributed by atoms with Gasteiger partial charge in [-0.05, 0) is 62.1 Å². The Morgan fingerprint density at radius 3 is 1.42 bits per heavy atom. The predicted molar refractivity (Wildman–Crippen MR) is 118 cm³/mol. The second-order valence-corrected chi connectivity index (χ2v) is 10.5. The SMILES string of the molecule is COc1ccc(C[C@H](C)N[C@@H](C)Cc2ccc(OC)c(S(N)(=O)=O)c2)cc1S(N)(=O)=O. The van der Waals surface area contributed by atoms with Crippen LogP contribution in [0.15, 0.2) is 46.2 Å². The molecule has 2 atom stereocenters. The van der Waals surface area contributed by atoms with Gasteiger partial charge >= 0.3 is 0 Å². The van der Waals surface area contributed by atoms with E-state index in [-0.39, 0.29) is 33.4 Å². The van der Waals surface area contributed by atoms with E-state index in [4.69, 9.17) is 19.8 Å². The van der Waals surface area contributed by atoms with Crippen LogP contribution in [0.25, 0.3) is 0 Å². The molecule has 0 amide bonds. The number of hydrogen-bond acceptors (Lipinski definition) is 7. The van der Waals surface area contributed by atoms with E-state index in [9.17, 15) is 16.8 Å². The van der Waals surface area contributed by atoms with E-state index in [1.165, 1.54) is 26.4 Å². The number of nitrogens with one attached hydrogen (secondary N) is 1. The molecule has 0 spiro atoms. The number of sulfonamides is 2. The third kappa shape index (κ3) is 6.91. The third-order valence-corrected chi connectivity index (χ3v) is 6.59. The Kier molecular flexibility index (Phi) is 8.06. The zero-order valence-corrected chi connectivity index (χ0v) is 19.6. The van der Waals surface area contributed by atoms with E-state index in [0.29, 0.717) is 12.8 Å². The first-order valence-corrected chi connectivity index (χ1v) is 12.6. The summed E-state index contributed by atoms with van der Waals surface area (Å²) in [5, 5.41) is 14.0. The lowest BCUT2D eigenvalue weighted by Crippen LogP contribution is -2.37. The molecule has 2 rings (SSSR count). The summed E-state index contributed by atoms with van der Waals surface area (Å²) in [7, 11) is -5.04.